The molecule has 0 bridgehead atoms. The van der Waals surface area contributed by atoms with Crippen molar-refractivity contribution < 1.29 is 4.48 Å². The smallest absolute Gasteiger partial charge is 0.104 e. The van der Waals surface area contributed by atoms with Crippen LogP contribution < -0.4 is 0 Å². The van der Waals surface area contributed by atoms with Crippen molar-refractivity contribution in [3.63, 3.8) is 0 Å². The van der Waals surface area contributed by atoms with Gasteiger partial charge >= 0.3 is 0 Å². The third-order valence-electron chi connectivity index (χ3n) is 3.21. The highest BCUT2D eigenvalue weighted by Crippen LogP contribution is 2.12. The Morgan fingerprint density at radius 3 is 1.93 bits per heavy atom. The van der Waals surface area contributed by atoms with E-state index in [0.29, 0.717) is 0 Å². The van der Waals surface area contributed by atoms with Crippen molar-refractivity contribution in [3.8, 4) is 0 Å². The van der Waals surface area contributed by atoms with Gasteiger partial charge < -0.3 is 4.48 Å². The summed E-state index contributed by atoms with van der Waals surface area (Å²) in [5.74, 6) is 0. The number of nitrogens with zero attached hydrogens (tertiary/aromatic N) is 1. The maximum absolute atomic E-state index is 2.32. The number of hydrogen-bond acceptors (Lipinski definition) is 0. The molecule has 0 spiro atoms. The maximum atomic E-state index is 2.32. The van der Waals surface area contributed by atoms with Crippen molar-refractivity contribution in [3.05, 3.63) is 35.4 Å². The monoisotopic (exact) mass is 192 g/mol. The quantitative estimate of drug-likeness (QED) is 0.643. The summed E-state index contributed by atoms with van der Waals surface area (Å²) in [5, 5.41) is 0. The van der Waals surface area contributed by atoms with Crippen LogP contribution in [0.25, 0.3) is 0 Å². The number of quaternary nitrogens is 1. The van der Waals surface area contributed by atoms with E-state index >= 15 is 0 Å². The largest absolute Gasteiger partial charge is 0.323 e. The van der Waals surface area contributed by atoms with Gasteiger partial charge in [-0.15, -0.1) is 0 Å². The molecule has 0 aliphatic heterocycles. The third kappa shape index (κ3) is 2.85. The molecule has 0 radical (unpaired) electrons. The van der Waals surface area contributed by atoms with Crippen molar-refractivity contribution in [1.29, 1.82) is 0 Å². The van der Waals surface area contributed by atoms with Crippen LogP contribution >= 0.6 is 0 Å². The van der Waals surface area contributed by atoms with Gasteiger partial charge in [0.25, 0.3) is 0 Å². The lowest BCUT2D eigenvalue weighted by Gasteiger charge is -2.32. The second-order valence-electron chi connectivity index (χ2n) is 4.40. The van der Waals surface area contributed by atoms with Gasteiger partial charge in [-0.05, 0) is 20.8 Å². The number of rotatable bonds is 4. The Hall–Kier alpha value is -0.820. The summed E-state index contributed by atoms with van der Waals surface area (Å²) >= 11 is 0. The summed E-state index contributed by atoms with van der Waals surface area (Å²) in [6.45, 7) is 10.2. The third-order valence-corrected chi connectivity index (χ3v) is 3.21. The zero-order chi connectivity index (χ0) is 10.6. The lowest BCUT2D eigenvalue weighted by molar-refractivity contribution is -0.919. The fourth-order valence-electron chi connectivity index (χ4n) is 1.58. The average Bonchev–Trinajstić information content (AvgIpc) is 2.21. The molecule has 14 heavy (non-hydrogen) atoms. The average molecular weight is 192 g/mol. The van der Waals surface area contributed by atoms with Crippen LogP contribution in [0.3, 0.4) is 0 Å². The highest BCUT2D eigenvalue weighted by Gasteiger charge is 2.16. The Kier molecular flexibility index (Phi) is 3.70. The lowest BCUT2D eigenvalue weighted by Crippen LogP contribution is -2.42. The van der Waals surface area contributed by atoms with Crippen LogP contribution in [0.15, 0.2) is 24.3 Å². The van der Waals surface area contributed by atoms with E-state index in [9.17, 15) is 0 Å². The van der Waals surface area contributed by atoms with E-state index < -0.39 is 0 Å². The molecule has 1 aromatic carbocycles. The molecule has 1 nitrogen and oxygen atoms in total. The Morgan fingerprint density at radius 2 is 1.50 bits per heavy atom. The van der Waals surface area contributed by atoms with E-state index in [1.54, 1.807) is 0 Å². The minimum absolute atomic E-state index is 1.13. The highest BCUT2D eigenvalue weighted by atomic mass is 15.3. The van der Waals surface area contributed by atoms with E-state index in [4.69, 9.17) is 0 Å². The molecule has 0 saturated carbocycles. The van der Waals surface area contributed by atoms with Crippen LogP contribution in [0.2, 0.25) is 0 Å². The molecule has 1 aromatic rings. The van der Waals surface area contributed by atoms with Gasteiger partial charge in [-0.25, -0.2) is 0 Å². The fourth-order valence-corrected chi connectivity index (χ4v) is 1.58. The summed E-state index contributed by atoms with van der Waals surface area (Å²) in [5.41, 5.74) is 2.79. The van der Waals surface area contributed by atoms with Gasteiger partial charge in [0.05, 0.1) is 20.1 Å². The molecule has 0 heterocycles. The zero-order valence-corrected chi connectivity index (χ0v) is 9.88. The number of hydrogen-bond donors (Lipinski definition) is 0. The molecule has 1 rings (SSSR count). The van der Waals surface area contributed by atoms with Crippen LogP contribution in [-0.4, -0.2) is 24.6 Å². The first kappa shape index (κ1) is 11.3. The van der Waals surface area contributed by atoms with Crippen molar-refractivity contribution >= 4 is 0 Å². The lowest BCUT2D eigenvalue weighted by atomic mass is 10.1. The summed E-state index contributed by atoms with van der Waals surface area (Å²) < 4.78 is 1.13. The van der Waals surface area contributed by atoms with E-state index in [0.717, 1.165) is 11.0 Å². The number of aryl methyl sites for hydroxylation is 1. The van der Waals surface area contributed by atoms with E-state index in [-0.39, 0.29) is 0 Å². The minimum atomic E-state index is 1.13. The number of benzene rings is 1. The summed E-state index contributed by atoms with van der Waals surface area (Å²) in [4.78, 5) is 0. The van der Waals surface area contributed by atoms with Gasteiger partial charge in [0.2, 0.25) is 0 Å². The summed E-state index contributed by atoms with van der Waals surface area (Å²) in [6.07, 6.45) is 0. The summed E-state index contributed by atoms with van der Waals surface area (Å²) in [6, 6.07) is 8.89. The molecular formula is C13H22N+. The van der Waals surface area contributed by atoms with Gasteiger partial charge in [-0.1, -0.05) is 29.8 Å². The van der Waals surface area contributed by atoms with Crippen LogP contribution in [0.1, 0.15) is 25.0 Å². The predicted molar refractivity (Wildman–Crippen MR) is 62.1 cm³/mol. The molecule has 0 aromatic heterocycles. The van der Waals surface area contributed by atoms with E-state index in [1.165, 1.54) is 24.2 Å². The van der Waals surface area contributed by atoms with Crippen LogP contribution in [0.5, 0.6) is 0 Å². The van der Waals surface area contributed by atoms with Crippen LogP contribution in [-0.2, 0) is 6.54 Å². The van der Waals surface area contributed by atoms with Gasteiger partial charge in [0.1, 0.15) is 6.54 Å². The molecule has 0 unspecified atom stereocenters. The fraction of sp³-hybridized carbons (Fsp3) is 0.538. The minimum Gasteiger partial charge on any atom is -0.323 e. The van der Waals surface area contributed by atoms with Crippen molar-refractivity contribution in [2.75, 3.05) is 20.1 Å². The Labute approximate surface area is 88.0 Å². The molecule has 1 heteroatoms. The topological polar surface area (TPSA) is 0 Å². The highest BCUT2D eigenvalue weighted by molar-refractivity contribution is 5.20. The molecule has 78 valence electrons. The molecule has 0 atom stereocenters. The normalized spacial score (nSPS) is 11.7. The molecule has 0 aliphatic rings. The van der Waals surface area contributed by atoms with E-state index in [1.807, 2.05) is 0 Å². The molecule has 0 fully saturated rings. The summed E-state index contributed by atoms with van der Waals surface area (Å²) in [7, 11) is 2.32. The molecular weight excluding hydrogens is 170 g/mol. The predicted octanol–water partition coefficient (Wildman–Crippen LogP) is 2.98. The first-order valence-electron chi connectivity index (χ1n) is 5.49. The van der Waals surface area contributed by atoms with Crippen molar-refractivity contribution in [1.82, 2.24) is 0 Å². The van der Waals surface area contributed by atoms with Gasteiger partial charge in [-0.3, -0.25) is 0 Å². The van der Waals surface area contributed by atoms with Gasteiger partial charge in [0, 0.05) is 5.56 Å². The maximum Gasteiger partial charge on any atom is 0.104 e. The van der Waals surface area contributed by atoms with Crippen LogP contribution in [0, 0.1) is 6.92 Å². The zero-order valence-electron chi connectivity index (χ0n) is 9.88. The molecule has 0 amide bonds. The standard InChI is InChI=1S/C13H22N/c1-5-14(4,6-2)11-13-9-7-12(3)8-10-13/h7-10H,5-6,11H2,1-4H3/q+1. The first-order valence-corrected chi connectivity index (χ1v) is 5.49. The molecule has 0 aliphatic carbocycles. The van der Waals surface area contributed by atoms with Crippen molar-refractivity contribution in [2.24, 2.45) is 0 Å². The molecule has 0 saturated heterocycles. The molecule has 0 N–H and O–H groups in total. The Morgan fingerprint density at radius 1 is 1.00 bits per heavy atom. The van der Waals surface area contributed by atoms with Gasteiger partial charge in [0.15, 0.2) is 0 Å². The Bertz CT molecular complexity index is 270. The van der Waals surface area contributed by atoms with Crippen LogP contribution in [0.4, 0.5) is 0 Å². The van der Waals surface area contributed by atoms with Gasteiger partial charge in [-0.2, -0.15) is 0 Å². The second kappa shape index (κ2) is 4.61. The van der Waals surface area contributed by atoms with E-state index in [2.05, 4.69) is 52.1 Å². The van der Waals surface area contributed by atoms with Crippen molar-refractivity contribution in [2.45, 2.75) is 27.3 Å². The first-order chi connectivity index (χ1) is 6.59. The SMILES string of the molecule is CC[N+](C)(CC)Cc1ccc(C)cc1. The second-order valence-corrected chi connectivity index (χ2v) is 4.40. The Balaban J connectivity index is 2.72.